The van der Waals surface area contributed by atoms with E-state index in [9.17, 15) is 14.0 Å². The molecule has 1 N–H and O–H groups in total. The van der Waals surface area contributed by atoms with E-state index >= 15 is 0 Å². The molecule has 0 bridgehead atoms. The SMILES string of the molecule is Cc1ccc2nc(-c3ccc(NC(=O)Cn4cnc(-c5ccccc5F)cc4=O)cc3)sc2c1. The molecule has 34 heavy (non-hydrogen) atoms. The Hall–Kier alpha value is -4.17. The van der Waals surface area contributed by atoms with Crippen LogP contribution in [0.4, 0.5) is 10.1 Å². The molecule has 0 saturated carbocycles. The quantitative estimate of drug-likeness (QED) is 0.380. The minimum absolute atomic E-state index is 0.206. The highest BCUT2D eigenvalue weighted by Gasteiger charge is 2.11. The number of hydrogen-bond acceptors (Lipinski definition) is 5. The van der Waals surface area contributed by atoms with Crippen LogP contribution in [-0.4, -0.2) is 20.4 Å². The van der Waals surface area contributed by atoms with Gasteiger partial charge in [0.15, 0.2) is 0 Å². The highest BCUT2D eigenvalue weighted by Crippen LogP contribution is 2.31. The molecule has 168 valence electrons. The van der Waals surface area contributed by atoms with Crippen LogP contribution in [0.2, 0.25) is 0 Å². The van der Waals surface area contributed by atoms with E-state index in [0.717, 1.165) is 20.8 Å². The summed E-state index contributed by atoms with van der Waals surface area (Å²) in [5.74, 6) is -0.833. The van der Waals surface area contributed by atoms with E-state index < -0.39 is 11.4 Å². The Labute approximate surface area is 198 Å². The van der Waals surface area contributed by atoms with Gasteiger partial charge in [0.2, 0.25) is 5.91 Å². The molecule has 3 aromatic carbocycles. The number of nitrogens with zero attached hydrogens (tertiary/aromatic N) is 3. The van der Waals surface area contributed by atoms with Crippen molar-refractivity contribution in [2.24, 2.45) is 0 Å². The molecule has 0 aliphatic carbocycles. The molecule has 2 aromatic heterocycles. The lowest BCUT2D eigenvalue weighted by Crippen LogP contribution is -2.27. The fraction of sp³-hybridized carbons (Fsp3) is 0.0769. The van der Waals surface area contributed by atoms with Gasteiger partial charge in [-0.3, -0.25) is 14.2 Å². The van der Waals surface area contributed by atoms with Crippen LogP contribution < -0.4 is 10.9 Å². The summed E-state index contributed by atoms with van der Waals surface area (Å²) in [6, 6.07) is 20.9. The van der Waals surface area contributed by atoms with Crippen LogP contribution in [0.25, 0.3) is 32.0 Å². The Bertz CT molecular complexity index is 1570. The maximum Gasteiger partial charge on any atom is 0.254 e. The molecular formula is C26H19FN4O2S. The standard InChI is InChI=1S/C26H19FN4O2S/c1-16-6-11-21-23(12-16)34-26(30-21)17-7-9-18(10-8-17)29-24(32)14-31-15-28-22(13-25(31)33)19-4-2-3-5-20(19)27/h2-13,15H,14H2,1H3,(H,29,32). The smallest absolute Gasteiger partial charge is 0.254 e. The molecule has 6 nitrogen and oxygen atoms in total. The van der Waals surface area contributed by atoms with Gasteiger partial charge in [0.25, 0.3) is 5.56 Å². The van der Waals surface area contributed by atoms with Gasteiger partial charge >= 0.3 is 0 Å². The van der Waals surface area contributed by atoms with Crippen molar-refractivity contribution >= 4 is 33.1 Å². The minimum atomic E-state index is -0.464. The Morgan fingerprint density at radius 1 is 1.06 bits per heavy atom. The van der Waals surface area contributed by atoms with E-state index in [2.05, 4.69) is 28.3 Å². The van der Waals surface area contributed by atoms with E-state index in [0.29, 0.717) is 5.69 Å². The van der Waals surface area contributed by atoms with Gasteiger partial charge in [-0.2, -0.15) is 0 Å². The second-order valence-corrected chi connectivity index (χ2v) is 8.87. The Morgan fingerprint density at radius 2 is 1.85 bits per heavy atom. The van der Waals surface area contributed by atoms with Gasteiger partial charge in [-0.1, -0.05) is 18.2 Å². The maximum absolute atomic E-state index is 14.0. The summed E-state index contributed by atoms with van der Waals surface area (Å²) in [5.41, 5.74) is 3.74. The molecule has 5 aromatic rings. The van der Waals surface area contributed by atoms with Crippen LogP contribution >= 0.6 is 11.3 Å². The predicted octanol–water partition coefficient (Wildman–Crippen LogP) is 5.27. The van der Waals surface area contributed by atoms with Crippen molar-refractivity contribution in [3.8, 4) is 21.8 Å². The van der Waals surface area contributed by atoms with Gasteiger partial charge in [0.05, 0.1) is 22.2 Å². The Kier molecular flexibility index (Phi) is 5.73. The van der Waals surface area contributed by atoms with Gasteiger partial charge < -0.3 is 5.32 Å². The number of anilines is 1. The Balaban J connectivity index is 1.27. The van der Waals surface area contributed by atoms with Crippen LogP contribution in [0, 0.1) is 12.7 Å². The van der Waals surface area contributed by atoms with Crippen molar-refractivity contribution < 1.29 is 9.18 Å². The van der Waals surface area contributed by atoms with Crippen molar-refractivity contribution in [3.63, 3.8) is 0 Å². The monoisotopic (exact) mass is 470 g/mol. The molecule has 0 fully saturated rings. The number of benzene rings is 3. The fourth-order valence-electron chi connectivity index (χ4n) is 3.57. The first-order valence-corrected chi connectivity index (χ1v) is 11.4. The molecule has 0 unspecified atom stereocenters. The number of amides is 1. The van der Waals surface area contributed by atoms with Gasteiger partial charge in [0.1, 0.15) is 17.4 Å². The maximum atomic E-state index is 14.0. The number of rotatable bonds is 5. The number of halogens is 1. The van der Waals surface area contributed by atoms with Crippen LogP contribution in [0.1, 0.15) is 5.56 Å². The first-order valence-electron chi connectivity index (χ1n) is 10.6. The van der Waals surface area contributed by atoms with Crippen molar-refractivity contribution in [2.45, 2.75) is 13.5 Å². The fourth-order valence-corrected chi connectivity index (χ4v) is 4.64. The van der Waals surface area contributed by atoms with Crippen LogP contribution in [0.15, 0.2) is 83.9 Å². The Morgan fingerprint density at radius 3 is 2.62 bits per heavy atom. The number of hydrogen-bond donors (Lipinski definition) is 1. The molecule has 0 aliphatic heterocycles. The zero-order valence-corrected chi connectivity index (χ0v) is 19.0. The summed E-state index contributed by atoms with van der Waals surface area (Å²) < 4.78 is 16.3. The molecule has 5 rings (SSSR count). The number of aryl methyl sites for hydroxylation is 1. The third kappa shape index (κ3) is 4.49. The summed E-state index contributed by atoms with van der Waals surface area (Å²) in [7, 11) is 0. The topological polar surface area (TPSA) is 76.9 Å². The molecule has 8 heteroatoms. The number of fused-ring (bicyclic) bond motifs is 1. The third-order valence-electron chi connectivity index (χ3n) is 5.30. The summed E-state index contributed by atoms with van der Waals surface area (Å²) in [4.78, 5) is 33.7. The van der Waals surface area contributed by atoms with E-state index in [1.165, 1.54) is 28.6 Å². The van der Waals surface area contributed by atoms with E-state index in [-0.39, 0.29) is 23.7 Å². The normalized spacial score (nSPS) is 11.0. The van der Waals surface area contributed by atoms with Gasteiger partial charge in [-0.15, -0.1) is 11.3 Å². The lowest BCUT2D eigenvalue weighted by Gasteiger charge is -2.09. The molecule has 0 aliphatic rings. The molecule has 2 heterocycles. The van der Waals surface area contributed by atoms with Gasteiger partial charge in [0, 0.05) is 22.9 Å². The lowest BCUT2D eigenvalue weighted by molar-refractivity contribution is -0.116. The van der Waals surface area contributed by atoms with E-state index in [4.69, 9.17) is 0 Å². The summed E-state index contributed by atoms with van der Waals surface area (Å²) in [6.45, 7) is 1.85. The molecule has 0 spiro atoms. The third-order valence-corrected chi connectivity index (χ3v) is 6.37. The van der Waals surface area contributed by atoms with Crippen molar-refractivity contribution in [3.05, 3.63) is 101 Å². The number of nitrogens with one attached hydrogen (secondary N) is 1. The molecule has 1 amide bonds. The lowest BCUT2D eigenvalue weighted by atomic mass is 10.1. The minimum Gasteiger partial charge on any atom is -0.325 e. The van der Waals surface area contributed by atoms with Crippen molar-refractivity contribution in [1.29, 1.82) is 0 Å². The van der Waals surface area contributed by atoms with Crippen LogP contribution in [0.3, 0.4) is 0 Å². The summed E-state index contributed by atoms with van der Waals surface area (Å²) in [5, 5.41) is 3.69. The van der Waals surface area contributed by atoms with E-state index in [1.54, 1.807) is 41.7 Å². The molecule has 0 atom stereocenters. The average molecular weight is 471 g/mol. The highest BCUT2D eigenvalue weighted by molar-refractivity contribution is 7.21. The summed E-state index contributed by atoms with van der Waals surface area (Å²) in [6.07, 6.45) is 1.25. The molecule has 0 saturated heterocycles. The predicted molar refractivity (Wildman–Crippen MR) is 132 cm³/mol. The number of thiazole rings is 1. The zero-order valence-electron chi connectivity index (χ0n) is 18.2. The van der Waals surface area contributed by atoms with Crippen molar-refractivity contribution in [1.82, 2.24) is 14.5 Å². The largest absolute Gasteiger partial charge is 0.325 e. The van der Waals surface area contributed by atoms with E-state index in [1.807, 2.05) is 24.3 Å². The number of carbonyl (C=O) groups is 1. The van der Waals surface area contributed by atoms with Crippen molar-refractivity contribution in [2.75, 3.05) is 5.32 Å². The van der Waals surface area contributed by atoms with Gasteiger partial charge in [-0.25, -0.2) is 14.4 Å². The second-order valence-electron chi connectivity index (χ2n) is 7.84. The number of aromatic nitrogens is 3. The van der Waals surface area contributed by atoms with Crippen LogP contribution in [-0.2, 0) is 11.3 Å². The number of carbonyl (C=O) groups excluding carboxylic acids is 1. The molecular weight excluding hydrogens is 451 g/mol. The second kappa shape index (κ2) is 8.99. The van der Waals surface area contributed by atoms with Gasteiger partial charge in [-0.05, 0) is 61.0 Å². The first kappa shape index (κ1) is 21.7. The van der Waals surface area contributed by atoms with Crippen LogP contribution in [0.5, 0.6) is 0 Å². The molecule has 0 radical (unpaired) electrons. The highest BCUT2D eigenvalue weighted by atomic mass is 32.1. The first-order chi connectivity index (χ1) is 16.5. The zero-order chi connectivity index (χ0) is 23.7. The summed E-state index contributed by atoms with van der Waals surface area (Å²) >= 11 is 1.62. The average Bonchev–Trinajstić information content (AvgIpc) is 3.24.